The highest BCUT2D eigenvalue weighted by molar-refractivity contribution is 5.33. The summed E-state index contributed by atoms with van der Waals surface area (Å²) in [6.07, 6.45) is 6.09. The standard InChI is InChI=1S/C27H34F2O2/c1-27(2,29)26(20-7-8-20)21-6-4-5-18(15-21)17-31-22-11-9-19(10-12-22)24-16-23(30-3)13-14-25(24)28/h4-6,13-16,19-20,22,26H,7-12,17H2,1-3H3. The van der Waals surface area contributed by atoms with Crippen molar-refractivity contribution in [2.45, 2.75) is 82.6 Å². The molecule has 168 valence electrons. The molecule has 0 spiro atoms. The predicted molar refractivity (Wildman–Crippen MR) is 120 cm³/mol. The van der Waals surface area contributed by atoms with E-state index in [0.717, 1.165) is 55.2 Å². The molecule has 1 unspecified atom stereocenters. The Labute approximate surface area is 185 Å². The van der Waals surface area contributed by atoms with E-state index in [-0.39, 0.29) is 23.8 Å². The molecule has 0 amide bonds. The normalized spacial score (nSPS) is 22.9. The van der Waals surface area contributed by atoms with Gasteiger partial charge in [-0.05, 0) is 99.1 Å². The number of halogens is 2. The minimum absolute atomic E-state index is 0.0411. The minimum atomic E-state index is -1.21. The van der Waals surface area contributed by atoms with E-state index in [0.29, 0.717) is 18.3 Å². The highest BCUT2D eigenvalue weighted by Gasteiger charge is 2.42. The first-order chi connectivity index (χ1) is 14.8. The Morgan fingerprint density at radius 1 is 1.00 bits per heavy atom. The topological polar surface area (TPSA) is 18.5 Å². The van der Waals surface area contributed by atoms with Crippen LogP contribution in [0.4, 0.5) is 8.78 Å². The molecule has 0 saturated heterocycles. The lowest BCUT2D eigenvalue weighted by Gasteiger charge is -2.30. The summed E-state index contributed by atoms with van der Waals surface area (Å²) in [7, 11) is 1.61. The second kappa shape index (κ2) is 9.28. The fraction of sp³-hybridized carbons (Fsp3) is 0.556. The van der Waals surface area contributed by atoms with Crippen LogP contribution in [0.15, 0.2) is 42.5 Å². The van der Waals surface area contributed by atoms with E-state index in [9.17, 15) is 8.78 Å². The summed E-state index contributed by atoms with van der Waals surface area (Å²) in [5.41, 5.74) is 1.74. The maximum absolute atomic E-state index is 14.8. The number of alkyl halides is 1. The van der Waals surface area contributed by atoms with Gasteiger partial charge in [0.1, 0.15) is 17.2 Å². The van der Waals surface area contributed by atoms with Gasteiger partial charge in [-0.25, -0.2) is 8.78 Å². The van der Waals surface area contributed by atoms with Crippen molar-refractivity contribution in [3.05, 3.63) is 65.0 Å². The van der Waals surface area contributed by atoms with Gasteiger partial charge in [0.15, 0.2) is 0 Å². The van der Waals surface area contributed by atoms with Crippen molar-refractivity contribution in [2.24, 2.45) is 5.92 Å². The van der Waals surface area contributed by atoms with Gasteiger partial charge < -0.3 is 9.47 Å². The van der Waals surface area contributed by atoms with E-state index in [4.69, 9.17) is 9.47 Å². The van der Waals surface area contributed by atoms with E-state index >= 15 is 0 Å². The van der Waals surface area contributed by atoms with Gasteiger partial charge >= 0.3 is 0 Å². The maximum atomic E-state index is 14.8. The van der Waals surface area contributed by atoms with Gasteiger partial charge in [0, 0.05) is 5.92 Å². The molecular formula is C27H34F2O2. The van der Waals surface area contributed by atoms with Crippen LogP contribution in [0.5, 0.6) is 5.75 Å². The first-order valence-electron chi connectivity index (χ1n) is 11.6. The van der Waals surface area contributed by atoms with Gasteiger partial charge in [0.25, 0.3) is 0 Å². The average Bonchev–Trinajstić information content (AvgIpc) is 3.57. The fourth-order valence-corrected chi connectivity index (χ4v) is 5.25. The lowest BCUT2D eigenvalue weighted by atomic mass is 9.81. The monoisotopic (exact) mass is 428 g/mol. The van der Waals surface area contributed by atoms with Crippen LogP contribution in [0.25, 0.3) is 0 Å². The van der Waals surface area contributed by atoms with Crippen LogP contribution < -0.4 is 4.74 Å². The molecule has 0 bridgehead atoms. The molecule has 2 fully saturated rings. The van der Waals surface area contributed by atoms with Gasteiger partial charge in [-0.15, -0.1) is 0 Å². The van der Waals surface area contributed by atoms with Gasteiger partial charge in [0.2, 0.25) is 0 Å². The quantitative estimate of drug-likeness (QED) is 0.438. The minimum Gasteiger partial charge on any atom is -0.497 e. The van der Waals surface area contributed by atoms with Crippen molar-refractivity contribution in [2.75, 3.05) is 7.11 Å². The van der Waals surface area contributed by atoms with E-state index in [1.165, 1.54) is 6.07 Å². The zero-order chi connectivity index (χ0) is 22.0. The number of benzene rings is 2. The molecule has 4 rings (SSSR count). The van der Waals surface area contributed by atoms with Crippen LogP contribution in [-0.4, -0.2) is 18.9 Å². The van der Waals surface area contributed by atoms with E-state index in [1.54, 1.807) is 27.0 Å². The highest BCUT2D eigenvalue weighted by atomic mass is 19.1. The Balaban J connectivity index is 1.33. The second-order valence-electron chi connectivity index (χ2n) is 9.80. The Hall–Kier alpha value is -1.94. The van der Waals surface area contributed by atoms with Crippen LogP contribution in [0.3, 0.4) is 0 Å². The summed E-state index contributed by atoms with van der Waals surface area (Å²) in [6, 6.07) is 13.3. The van der Waals surface area contributed by atoms with Crippen molar-refractivity contribution in [3.8, 4) is 5.75 Å². The van der Waals surface area contributed by atoms with Crippen LogP contribution in [0.2, 0.25) is 0 Å². The third-order valence-electron chi connectivity index (χ3n) is 6.95. The first kappa shape index (κ1) is 22.3. The Bertz CT molecular complexity index is 877. The van der Waals surface area contributed by atoms with Crippen molar-refractivity contribution in [3.63, 3.8) is 0 Å². The highest BCUT2D eigenvalue weighted by Crippen LogP contribution is 2.49. The summed E-state index contributed by atoms with van der Waals surface area (Å²) in [5, 5.41) is 0. The SMILES string of the molecule is COc1ccc(F)c(C2CCC(OCc3cccc(C(C4CC4)C(C)(C)F)c3)CC2)c1. The first-order valence-corrected chi connectivity index (χ1v) is 11.6. The third kappa shape index (κ3) is 5.46. The number of hydrogen-bond donors (Lipinski definition) is 0. The van der Waals surface area contributed by atoms with Gasteiger partial charge in [-0.1, -0.05) is 24.3 Å². The van der Waals surface area contributed by atoms with Gasteiger partial charge in [-0.2, -0.15) is 0 Å². The molecule has 2 aromatic rings. The second-order valence-corrected chi connectivity index (χ2v) is 9.80. The number of hydrogen-bond acceptors (Lipinski definition) is 2. The zero-order valence-corrected chi connectivity index (χ0v) is 18.9. The Kier molecular flexibility index (Phi) is 6.66. The molecule has 2 saturated carbocycles. The van der Waals surface area contributed by atoms with Crippen molar-refractivity contribution in [1.82, 2.24) is 0 Å². The fourth-order valence-electron chi connectivity index (χ4n) is 5.25. The largest absolute Gasteiger partial charge is 0.497 e. The summed E-state index contributed by atoms with van der Waals surface area (Å²) >= 11 is 0. The molecular weight excluding hydrogens is 394 g/mol. The molecule has 0 aromatic heterocycles. The molecule has 2 aliphatic carbocycles. The lowest BCUT2D eigenvalue weighted by molar-refractivity contribution is 0.0130. The molecule has 0 radical (unpaired) electrons. The van der Waals surface area contributed by atoms with Crippen LogP contribution >= 0.6 is 0 Å². The Morgan fingerprint density at radius 3 is 2.39 bits per heavy atom. The Morgan fingerprint density at radius 2 is 1.74 bits per heavy atom. The summed E-state index contributed by atoms with van der Waals surface area (Å²) in [6.45, 7) is 3.94. The van der Waals surface area contributed by atoms with Crippen molar-refractivity contribution < 1.29 is 18.3 Å². The predicted octanol–water partition coefficient (Wildman–Crippen LogP) is 7.32. The lowest BCUT2D eigenvalue weighted by Crippen LogP contribution is -2.25. The maximum Gasteiger partial charge on any atom is 0.126 e. The molecule has 4 heteroatoms. The number of methoxy groups -OCH3 is 1. The summed E-state index contributed by atoms with van der Waals surface area (Å²) in [5.74, 6) is 1.19. The molecule has 2 nitrogen and oxygen atoms in total. The number of rotatable bonds is 8. The molecule has 31 heavy (non-hydrogen) atoms. The summed E-state index contributed by atoms with van der Waals surface area (Å²) in [4.78, 5) is 0. The van der Waals surface area contributed by atoms with Crippen LogP contribution in [0.1, 0.15) is 80.9 Å². The molecule has 2 aliphatic rings. The van der Waals surface area contributed by atoms with E-state index < -0.39 is 5.67 Å². The van der Waals surface area contributed by atoms with Gasteiger partial charge in [-0.3, -0.25) is 0 Å². The molecule has 0 N–H and O–H groups in total. The smallest absolute Gasteiger partial charge is 0.126 e. The molecule has 2 aromatic carbocycles. The van der Waals surface area contributed by atoms with Crippen LogP contribution in [-0.2, 0) is 11.3 Å². The zero-order valence-electron chi connectivity index (χ0n) is 18.9. The van der Waals surface area contributed by atoms with Crippen molar-refractivity contribution >= 4 is 0 Å². The van der Waals surface area contributed by atoms with Crippen molar-refractivity contribution in [1.29, 1.82) is 0 Å². The number of ether oxygens (including phenoxy) is 2. The average molecular weight is 429 g/mol. The summed E-state index contributed by atoms with van der Waals surface area (Å²) < 4.78 is 40.6. The van der Waals surface area contributed by atoms with E-state index in [1.807, 2.05) is 12.1 Å². The third-order valence-corrected chi connectivity index (χ3v) is 6.95. The molecule has 0 heterocycles. The molecule has 1 atom stereocenters. The molecule has 0 aliphatic heterocycles. The van der Waals surface area contributed by atoms with Crippen LogP contribution in [0, 0.1) is 11.7 Å². The van der Waals surface area contributed by atoms with Gasteiger partial charge in [0.05, 0.1) is 19.8 Å². The van der Waals surface area contributed by atoms with E-state index in [2.05, 4.69) is 18.2 Å².